The lowest BCUT2D eigenvalue weighted by Crippen LogP contribution is -2.17. The van der Waals surface area contributed by atoms with Gasteiger partial charge in [0.1, 0.15) is 17.6 Å². The van der Waals surface area contributed by atoms with Crippen LogP contribution in [-0.2, 0) is 0 Å². The second kappa shape index (κ2) is 9.26. The molecule has 2 aromatic heterocycles. The molecule has 0 bridgehead atoms. The molecule has 4 aromatic rings. The van der Waals surface area contributed by atoms with E-state index in [4.69, 9.17) is 30.8 Å². The summed E-state index contributed by atoms with van der Waals surface area (Å²) in [5.41, 5.74) is 3.97. The first-order valence-corrected chi connectivity index (χ1v) is 10.7. The first-order chi connectivity index (χ1) is 14.7. The number of thiazole rings is 1. The molecule has 1 atom stereocenters. The summed E-state index contributed by atoms with van der Waals surface area (Å²) in [7, 11) is 1.66. The lowest BCUT2D eigenvalue weighted by molar-refractivity contribution is 0.415. The minimum atomic E-state index is -0.0404. The zero-order valence-electron chi connectivity index (χ0n) is 16.6. The summed E-state index contributed by atoms with van der Waals surface area (Å²) >= 11 is 7.58. The van der Waals surface area contributed by atoms with Gasteiger partial charge in [-0.05, 0) is 54.1 Å². The summed E-state index contributed by atoms with van der Waals surface area (Å²) in [6.07, 6.45) is 2.43. The molecule has 1 aliphatic rings. The van der Waals surface area contributed by atoms with Gasteiger partial charge in [0.15, 0.2) is 0 Å². The minimum absolute atomic E-state index is 0. The van der Waals surface area contributed by atoms with Crippen LogP contribution >= 0.6 is 39.9 Å². The van der Waals surface area contributed by atoms with Gasteiger partial charge in [0.2, 0.25) is 5.13 Å². The Kier molecular flexibility index (Phi) is 6.46. The molecule has 8 heteroatoms. The quantitative estimate of drug-likeness (QED) is 0.287. The van der Waals surface area contributed by atoms with Crippen molar-refractivity contribution in [2.24, 2.45) is 5.10 Å². The van der Waals surface area contributed by atoms with E-state index in [1.54, 1.807) is 24.7 Å². The number of halogens is 2. The van der Waals surface area contributed by atoms with Crippen LogP contribution in [0.2, 0.25) is 5.02 Å². The number of furan rings is 1. The number of benzene rings is 2. The van der Waals surface area contributed by atoms with E-state index in [9.17, 15) is 0 Å². The topological polar surface area (TPSA) is 50.9 Å². The van der Waals surface area contributed by atoms with Gasteiger partial charge in [0.05, 0.1) is 24.8 Å². The largest absolute Gasteiger partial charge is 0.497 e. The highest BCUT2D eigenvalue weighted by Crippen LogP contribution is 2.39. The molecule has 0 aliphatic carbocycles. The summed E-state index contributed by atoms with van der Waals surface area (Å²) in [6.45, 7) is 0. The van der Waals surface area contributed by atoms with Gasteiger partial charge < -0.3 is 9.15 Å². The molecule has 1 unspecified atom stereocenters. The van der Waals surface area contributed by atoms with Crippen LogP contribution in [0.15, 0.2) is 81.8 Å². The van der Waals surface area contributed by atoms with Crippen molar-refractivity contribution in [2.75, 3.05) is 12.1 Å². The van der Waals surface area contributed by atoms with E-state index in [2.05, 4.69) is 0 Å². The smallest absolute Gasteiger partial charge is 0.207 e. The van der Waals surface area contributed by atoms with E-state index in [1.165, 1.54) is 0 Å². The molecule has 0 saturated heterocycles. The molecule has 0 spiro atoms. The molecular weight excluding hydrogens is 498 g/mol. The van der Waals surface area contributed by atoms with Crippen molar-refractivity contribution in [3.8, 4) is 17.0 Å². The molecule has 0 radical (unpaired) electrons. The number of anilines is 1. The molecule has 0 saturated carbocycles. The van der Waals surface area contributed by atoms with Gasteiger partial charge in [-0.3, -0.25) is 0 Å². The Morgan fingerprint density at radius 2 is 1.81 bits per heavy atom. The number of hydrogen-bond donors (Lipinski definition) is 0. The summed E-state index contributed by atoms with van der Waals surface area (Å²) in [6, 6.07) is 19.5. The fourth-order valence-corrected chi connectivity index (χ4v) is 4.43. The lowest BCUT2D eigenvalue weighted by Gasteiger charge is -2.18. The monoisotopic (exact) mass is 515 g/mol. The molecule has 0 fully saturated rings. The average molecular weight is 517 g/mol. The third-order valence-corrected chi connectivity index (χ3v) is 6.12. The number of methoxy groups -OCH3 is 1. The second-order valence-corrected chi connectivity index (χ2v) is 8.15. The van der Waals surface area contributed by atoms with Crippen LogP contribution in [0.1, 0.15) is 23.8 Å². The van der Waals surface area contributed by atoms with E-state index < -0.39 is 0 Å². The number of aromatic nitrogens is 1. The van der Waals surface area contributed by atoms with Crippen molar-refractivity contribution < 1.29 is 9.15 Å². The van der Waals surface area contributed by atoms with Crippen molar-refractivity contribution in [3.63, 3.8) is 0 Å². The Labute approximate surface area is 199 Å². The van der Waals surface area contributed by atoms with Crippen molar-refractivity contribution in [1.29, 1.82) is 0 Å². The fraction of sp³-hybridized carbons (Fsp3) is 0.130. The summed E-state index contributed by atoms with van der Waals surface area (Å²) in [5, 5.41) is 10.5. The summed E-state index contributed by atoms with van der Waals surface area (Å²) < 4.78 is 11.0. The highest BCUT2D eigenvalue weighted by Gasteiger charge is 2.33. The SMILES string of the molecule is Br.COc1ccc(C2=NN(c3nc(-c4ccc(Cl)cc4)cs3)C(c3ccco3)C2)cc1. The van der Waals surface area contributed by atoms with Crippen molar-refractivity contribution in [3.05, 3.63) is 88.7 Å². The number of hydrazone groups is 1. The number of nitrogens with zero attached hydrogens (tertiary/aromatic N) is 3. The zero-order valence-corrected chi connectivity index (χ0v) is 19.9. The summed E-state index contributed by atoms with van der Waals surface area (Å²) in [5.74, 6) is 1.69. The minimum Gasteiger partial charge on any atom is -0.497 e. The maximum Gasteiger partial charge on any atom is 0.207 e. The van der Waals surface area contributed by atoms with Gasteiger partial charge >= 0.3 is 0 Å². The van der Waals surface area contributed by atoms with Crippen LogP contribution in [0.4, 0.5) is 5.13 Å². The van der Waals surface area contributed by atoms with Crippen molar-refractivity contribution in [1.82, 2.24) is 4.98 Å². The molecule has 5 rings (SSSR count). The van der Waals surface area contributed by atoms with Crippen molar-refractivity contribution >= 4 is 50.8 Å². The van der Waals surface area contributed by atoms with Crippen LogP contribution < -0.4 is 9.75 Å². The normalized spacial score (nSPS) is 15.5. The molecular formula is C23H19BrClN3O2S. The van der Waals surface area contributed by atoms with Gasteiger partial charge in [-0.1, -0.05) is 23.7 Å². The van der Waals surface area contributed by atoms with E-state index >= 15 is 0 Å². The fourth-order valence-electron chi connectivity index (χ4n) is 3.47. The standard InChI is InChI=1S/C23H18ClN3O2S.BrH/c1-28-18-10-6-15(7-11-18)19-13-21(22-3-2-12-29-22)27(26-19)23-25-20(14-30-23)16-4-8-17(24)9-5-16;/h2-12,14,21H,13H2,1H3;1H. The molecule has 3 heterocycles. The first kappa shape index (κ1) is 21.6. The van der Waals surface area contributed by atoms with Gasteiger partial charge in [-0.15, -0.1) is 28.3 Å². The Morgan fingerprint density at radius 3 is 2.48 bits per heavy atom. The predicted molar refractivity (Wildman–Crippen MR) is 131 cm³/mol. The molecule has 1 aliphatic heterocycles. The maximum absolute atomic E-state index is 6.02. The number of rotatable bonds is 5. The zero-order chi connectivity index (χ0) is 20.5. The van der Waals surface area contributed by atoms with Crippen LogP contribution in [0.25, 0.3) is 11.3 Å². The Balaban J connectivity index is 0.00000231. The second-order valence-electron chi connectivity index (χ2n) is 6.88. The van der Waals surface area contributed by atoms with Crippen LogP contribution in [-0.4, -0.2) is 17.8 Å². The maximum atomic E-state index is 6.02. The van der Waals surface area contributed by atoms with Gasteiger partial charge in [0, 0.05) is 22.4 Å². The van der Waals surface area contributed by atoms with E-state index in [1.807, 2.05) is 71.1 Å². The van der Waals surface area contributed by atoms with Crippen LogP contribution in [0.3, 0.4) is 0 Å². The van der Waals surface area contributed by atoms with Crippen LogP contribution in [0.5, 0.6) is 5.75 Å². The Hall–Kier alpha value is -2.61. The molecule has 5 nitrogen and oxygen atoms in total. The predicted octanol–water partition coefficient (Wildman–Crippen LogP) is 7.00. The van der Waals surface area contributed by atoms with Crippen LogP contribution in [0, 0.1) is 0 Å². The van der Waals surface area contributed by atoms with Crippen molar-refractivity contribution in [2.45, 2.75) is 12.5 Å². The van der Waals surface area contributed by atoms with E-state index in [0.717, 1.165) is 45.6 Å². The first-order valence-electron chi connectivity index (χ1n) is 9.47. The highest BCUT2D eigenvalue weighted by molar-refractivity contribution is 8.93. The van der Waals surface area contributed by atoms with Gasteiger partial charge in [0.25, 0.3) is 0 Å². The highest BCUT2D eigenvalue weighted by atomic mass is 79.9. The lowest BCUT2D eigenvalue weighted by atomic mass is 10.0. The molecule has 158 valence electrons. The van der Waals surface area contributed by atoms with E-state index in [0.29, 0.717) is 5.02 Å². The third kappa shape index (κ3) is 4.39. The average Bonchev–Trinajstić information content (AvgIpc) is 3.54. The molecule has 31 heavy (non-hydrogen) atoms. The number of ether oxygens (including phenoxy) is 1. The number of hydrogen-bond acceptors (Lipinski definition) is 6. The Bertz CT molecular complexity index is 1170. The third-order valence-electron chi connectivity index (χ3n) is 5.03. The molecule has 0 N–H and O–H groups in total. The molecule has 2 aromatic carbocycles. The van der Waals surface area contributed by atoms with Gasteiger partial charge in [-0.2, -0.15) is 5.10 Å². The van der Waals surface area contributed by atoms with Gasteiger partial charge in [-0.25, -0.2) is 9.99 Å². The Morgan fingerprint density at radius 1 is 1.06 bits per heavy atom. The van der Waals surface area contributed by atoms with E-state index in [-0.39, 0.29) is 23.0 Å². The molecule has 0 amide bonds. The summed E-state index contributed by atoms with van der Waals surface area (Å²) in [4.78, 5) is 4.84.